The van der Waals surface area contributed by atoms with Crippen LogP contribution in [0.25, 0.3) is 10.9 Å². The van der Waals surface area contributed by atoms with Crippen LogP contribution in [0.4, 0.5) is 13.6 Å². The van der Waals surface area contributed by atoms with Gasteiger partial charge in [0, 0.05) is 36.1 Å². The van der Waals surface area contributed by atoms with Crippen LogP contribution in [0.2, 0.25) is 0 Å². The summed E-state index contributed by atoms with van der Waals surface area (Å²) in [5, 5.41) is 3.26. The smallest absolute Gasteiger partial charge is 0.407 e. The number of carbonyl (C=O) groups is 1. The van der Waals surface area contributed by atoms with E-state index < -0.39 is 23.3 Å². The molecule has 158 valence electrons. The Kier molecular flexibility index (Phi) is 6.21. The van der Waals surface area contributed by atoms with E-state index in [2.05, 4.69) is 15.2 Å². The third kappa shape index (κ3) is 5.53. The summed E-state index contributed by atoms with van der Waals surface area (Å²) >= 11 is 0. The number of H-pyrrole nitrogens is 1. The zero-order chi connectivity index (χ0) is 21.2. The molecule has 0 atom stereocenters. The van der Waals surface area contributed by atoms with Crippen molar-refractivity contribution >= 4 is 17.0 Å². The Morgan fingerprint density at radius 1 is 1.28 bits per heavy atom. The summed E-state index contributed by atoms with van der Waals surface area (Å²) in [6, 6.07) is 4.13. The van der Waals surface area contributed by atoms with E-state index in [1.165, 1.54) is 6.07 Å². The molecule has 29 heavy (non-hydrogen) atoms. The number of pyridine rings is 1. The summed E-state index contributed by atoms with van der Waals surface area (Å²) < 4.78 is 32.6. The molecule has 1 aliphatic rings. The van der Waals surface area contributed by atoms with Crippen LogP contribution in [0, 0.1) is 11.6 Å². The number of aromatic amines is 1. The maximum atomic E-state index is 13.8. The Hall–Kier alpha value is -2.48. The minimum absolute atomic E-state index is 0.106. The molecule has 0 radical (unpaired) electrons. The Morgan fingerprint density at radius 3 is 2.62 bits per heavy atom. The van der Waals surface area contributed by atoms with Crippen molar-refractivity contribution < 1.29 is 18.3 Å². The number of nitrogens with one attached hydrogen (secondary N) is 2. The van der Waals surface area contributed by atoms with E-state index in [-0.39, 0.29) is 17.2 Å². The molecule has 1 aliphatic heterocycles. The lowest BCUT2D eigenvalue weighted by Gasteiger charge is -2.32. The molecule has 6 nitrogen and oxygen atoms in total. The molecule has 8 heteroatoms. The number of alkyl carbamates (subject to hydrolysis) is 1. The van der Waals surface area contributed by atoms with E-state index in [4.69, 9.17) is 4.74 Å². The van der Waals surface area contributed by atoms with Gasteiger partial charge in [-0.3, -0.25) is 4.79 Å². The van der Waals surface area contributed by atoms with Crippen LogP contribution in [0.15, 0.2) is 23.0 Å². The van der Waals surface area contributed by atoms with E-state index in [0.29, 0.717) is 23.9 Å². The number of carbonyl (C=O) groups excluding carboxylic acids is 1. The van der Waals surface area contributed by atoms with Gasteiger partial charge in [-0.25, -0.2) is 13.6 Å². The third-order valence-electron chi connectivity index (χ3n) is 4.97. The average Bonchev–Trinajstić information content (AvgIpc) is 2.63. The number of aromatic nitrogens is 1. The van der Waals surface area contributed by atoms with Crippen molar-refractivity contribution in [1.82, 2.24) is 15.2 Å². The molecule has 1 amide bonds. The van der Waals surface area contributed by atoms with E-state index in [1.807, 2.05) is 20.8 Å². The first-order valence-corrected chi connectivity index (χ1v) is 9.83. The summed E-state index contributed by atoms with van der Waals surface area (Å²) in [6.07, 6.45) is 1.45. The van der Waals surface area contributed by atoms with Crippen LogP contribution >= 0.6 is 0 Å². The molecule has 2 N–H and O–H groups in total. The Labute approximate surface area is 168 Å². The quantitative estimate of drug-likeness (QED) is 0.815. The highest BCUT2D eigenvalue weighted by Crippen LogP contribution is 2.19. The maximum absolute atomic E-state index is 13.8. The van der Waals surface area contributed by atoms with Crippen LogP contribution < -0.4 is 10.9 Å². The van der Waals surface area contributed by atoms with Gasteiger partial charge < -0.3 is 19.9 Å². The van der Waals surface area contributed by atoms with E-state index in [9.17, 15) is 18.4 Å². The molecule has 0 spiro atoms. The predicted octanol–water partition coefficient (Wildman–Crippen LogP) is 3.34. The number of halogens is 2. The largest absolute Gasteiger partial charge is 0.446 e. The Morgan fingerprint density at radius 2 is 1.97 bits per heavy atom. The van der Waals surface area contributed by atoms with Gasteiger partial charge in [0.25, 0.3) is 5.56 Å². The monoisotopic (exact) mass is 407 g/mol. The van der Waals surface area contributed by atoms with Crippen LogP contribution in [0.5, 0.6) is 0 Å². The number of ether oxygens (including phenoxy) is 1. The number of fused-ring (bicyclic) bond motifs is 1. The zero-order valence-electron chi connectivity index (χ0n) is 17.0. The van der Waals surface area contributed by atoms with Crippen molar-refractivity contribution in [3.8, 4) is 0 Å². The first-order valence-electron chi connectivity index (χ1n) is 9.83. The summed E-state index contributed by atoms with van der Waals surface area (Å²) in [7, 11) is 0. The first kappa shape index (κ1) is 21.2. The number of benzene rings is 1. The number of piperidine rings is 1. The van der Waals surface area contributed by atoms with Crippen molar-refractivity contribution in [1.29, 1.82) is 0 Å². The van der Waals surface area contributed by atoms with Crippen molar-refractivity contribution in [2.45, 2.75) is 51.7 Å². The lowest BCUT2D eigenvalue weighted by molar-refractivity contribution is 0.0475. The topological polar surface area (TPSA) is 74.4 Å². The Bertz CT molecular complexity index is 945. The fraction of sp³-hybridized carbons (Fsp3) is 0.524. The summed E-state index contributed by atoms with van der Waals surface area (Å²) in [4.78, 5) is 28.8. The maximum Gasteiger partial charge on any atom is 0.407 e. The highest BCUT2D eigenvalue weighted by molar-refractivity contribution is 5.79. The first-order chi connectivity index (χ1) is 13.6. The number of amides is 1. The molecule has 0 saturated carbocycles. The molecule has 0 bridgehead atoms. The molecule has 1 saturated heterocycles. The van der Waals surface area contributed by atoms with Crippen molar-refractivity contribution in [3.63, 3.8) is 0 Å². The zero-order valence-corrected chi connectivity index (χ0v) is 17.0. The minimum Gasteiger partial charge on any atom is -0.446 e. The molecule has 2 heterocycles. The SMILES string of the molecule is CC(C)(C)NC(=O)OC1CCN(CCc2cc3ccc(F)c(F)c3[nH]c2=O)CC1. The Balaban J connectivity index is 1.53. The predicted molar refractivity (Wildman–Crippen MR) is 107 cm³/mol. The minimum atomic E-state index is -1.04. The average molecular weight is 407 g/mol. The highest BCUT2D eigenvalue weighted by atomic mass is 19.2. The van der Waals surface area contributed by atoms with Gasteiger partial charge in [0.1, 0.15) is 6.10 Å². The van der Waals surface area contributed by atoms with Gasteiger partial charge >= 0.3 is 6.09 Å². The number of rotatable bonds is 4. The molecule has 0 aliphatic carbocycles. The second kappa shape index (κ2) is 8.49. The fourth-order valence-corrected chi connectivity index (χ4v) is 3.46. The van der Waals surface area contributed by atoms with E-state index in [0.717, 1.165) is 32.0 Å². The van der Waals surface area contributed by atoms with Gasteiger partial charge in [0.15, 0.2) is 11.6 Å². The third-order valence-corrected chi connectivity index (χ3v) is 4.97. The second-order valence-electron chi connectivity index (χ2n) is 8.52. The molecule has 2 aromatic rings. The van der Waals surface area contributed by atoms with Crippen molar-refractivity contribution in [3.05, 3.63) is 45.8 Å². The lowest BCUT2D eigenvalue weighted by atomic mass is 10.1. The molecule has 1 aromatic heterocycles. The fourth-order valence-electron chi connectivity index (χ4n) is 3.46. The normalized spacial score (nSPS) is 16.2. The van der Waals surface area contributed by atoms with Gasteiger partial charge in [-0.15, -0.1) is 0 Å². The summed E-state index contributed by atoms with van der Waals surface area (Å²) in [5.41, 5.74) is -0.310. The van der Waals surface area contributed by atoms with E-state index in [1.54, 1.807) is 6.07 Å². The molecular weight excluding hydrogens is 380 g/mol. The number of likely N-dealkylation sites (tertiary alicyclic amines) is 1. The summed E-state index contributed by atoms with van der Waals surface area (Å²) in [6.45, 7) is 7.89. The van der Waals surface area contributed by atoms with Crippen molar-refractivity contribution in [2.24, 2.45) is 0 Å². The van der Waals surface area contributed by atoms with Crippen LogP contribution in [0.1, 0.15) is 39.2 Å². The number of hydrogen-bond donors (Lipinski definition) is 2. The van der Waals surface area contributed by atoms with Gasteiger partial charge in [0.05, 0.1) is 5.52 Å². The molecule has 0 unspecified atom stereocenters. The number of hydrogen-bond acceptors (Lipinski definition) is 4. The van der Waals surface area contributed by atoms with Gasteiger partial charge in [0.2, 0.25) is 0 Å². The van der Waals surface area contributed by atoms with Gasteiger partial charge in [-0.2, -0.15) is 0 Å². The lowest BCUT2D eigenvalue weighted by Crippen LogP contribution is -2.44. The molecule has 1 aromatic carbocycles. The summed E-state index contributed by atoms with van der Waals surface area (Å²) in [5.74, 6) is -2.02. The van der Waals surface area contributed by atoms with Crippen molar-refractivity contribution in [2.75, 3.05) is 19.6 Å². The van der Waals surface area contributed by atoms with Gasteiger partial charge in [-0.05, 0) is 58.2 Å². The highest BCUT2D eigenvalue weighted by Gasteiger charge is 2.24. The second-order valence-corrected chi connectivity index (χ2v) is 8.52. The molecular formula is C21H27F2N3O3. The van der Waals surface area contributed by atoms with Crippen LogP contribution in [-0.4, -0.2) is 47.3 Å². The van der Waals surface area contributed by atoms with Crippen LogP contribution in [-0.2, 0) is 11.2 Å². The number of nitrogens with zero attached hydrogens (tertiary/aromatic N) is 1. The molecule has 1 fully saturated rings. The van der Waals surface area contributed by atoms with Crippen LogP contribution in [0.3, 0.4) is 0 Å². The van der Waals surface area contributed by atoms with Gasteiger partial charge in [-0.1, -0.05) is 0 Å². The van der Waals surface area contributed by atoms with E-state index >= 15 is 0 Å². The standard InChI is InChI=1S/C21H27F2N3O3/c1-21(2,3)25-20(28)29-15-7-10-26(11-8-15)9-6-14-12-13-4-5-16(22)17(23)18(13)24-19(14)27/h4-5,12,15H,6-11H2,1-3H3,(H,24,27)(H,25,28). The molecule has 3 rings (SSSR count).